The van der Waals surface area contributed by atoms with Crippen LogP contribution in [0.15, 0.2) is 0 Å². The van der Waals surface area contributed by atoms with Crippen molar-refractivity contribution in [1.82, 2.24) is 0 Å². The Kier molecular flexibility index (Phi) is 4.98. The molecular formula is C13H23NOS. The quantitative estimate of drug-likeness (QED) is 0.758. The van der Waals surface area contributed by atoms with Crippen LogP contribution in [0.5, 0.6) is 0 Å². The Hall–Kier alpha value is -0.360. The summed E-state index contributed by atoms with van der Waals surface area (Å²) in [6, 6.07) is 2.27. The Bertz CT molecular complexity index is 293. The molecule has 0 heterocycles. The molecule has 0 saturated heterocycles. The lowest BCUT2D eigenvalue weighted by Gasteiger charge is -2.26. The second kappa shape index (κ2) is 5.82. The molecule has 0 radical (unpaired) electrons. The summed E-state index contributed by atoms with van der Waals surface area (Å²) in [5, 5.41) is 9.30. The molecule has 0 aliphatic heterocycles. The van der Waals surface area contributed by atoms with Gasteiger partial charge in [-0.05, 0) is 39.0 Å². The summed E-state index contributed by atoms with van der Waals surface area (Å²) in [5.74, 6) is 1.42. The van der Waals surface area contributed by atoms with Gasteiger partial charge in [-0.25, -0.2) is 0 Å². The van der Waals surface area contributed by atoms with Crippen LogP contribution in [0.25, 0.3) is 0 Å². The highest BCUT2D eigenvalue weighted by Gasteiger charge is 2.25. The molecule has 0 spiro atoms. The maximum Gasteiger partial charge on any atom is 0.0684 e. The van der Waals surface area contributed by atoms with Crippen LogP contribution < -0.4 is 0 Å². The van der Waals surface area contributed by atoms with Crippen LogP contribution in [0.4, 0.5) is 0 Å². The zero-order chi connectivity index (χ0) is 12.2. The van der Waals surface area contributed by atoms with Crippen LogP contribution in [-0.2, 0) is 10.8 Å². The first-order chi connectivity index (χ1) is 7.44. The highest BCUT2D eigenvalue weighted by Crippen LogP contribution is 2.28. The molecule has 3 atom stereocenters. The first kappa shape index (κ1) is 13.7. The predicted molar refractivity (Wildman–Crippen MR) is 68.4 cm³/mol. The highest BCUT2D eigenvalue weighted by atomic mass is 32.2. The van der Waals surface area contributed by atoms with Crippen molar-refractivity contribution in [3.8, 4) is 6.07 Å². The highest BCUT2D eigenvalue weighted by molar-refractivity contribution is 7.85. The van der Waals surface area contributed by atoms with E-state index in [0.29, 0.717) is 11.0 Å². The van der Waals surface area contributed by atoms with Crippen molar-refractivity contribution in [2.75, 3.05) is 5.75 Å². The number of hydrogen-bond donors (Lipinski definition) is 0. The van der Waals surface area contributed by atoms with Crippen LogP contribution in [0.3, 0.4) is 0 Å². The zero-order valence-corrected chi connectivity index (χ0v) is 11.5. The summed E-state index contributed by atoms with van der Waals surface area (Å²) in [5.41, 5.74) is -0.323. The molecule has 1 rings (SSSR count). The van der Waals surface area contributed by atoms with Crippen molar-refractivity contribution in [3.05, 3.63) is 0 Å². The van der Waals surface area contributed by atoms with Crippen molar-refractivity contribution < 1.29 is 4.21 Å². The molecule has 16 heavy (non-hydrogen) atoms. The third kappa shape index (κ3) is 4.25. The molecule has 0 N–H and O–H groups in total. The van der Waals surface area contributed by atoms with E-state index in [9.17, 15) is 4.21 Å². The molecular weight excluding hydrogens is 218 g/mol. The zero-order valence-electron chi connectivity index (χ0n) is 10.7. The van der Waals surface area contributed by atoms with Crippen molar-refractivity contribution in [1.29, 1.82) is 5.26 Å². The van der Waals surface area contributed by atoms with Gasteiger partial charge in [0.2, 0.25) is 0 Å². The van der Waals surface area contributed by atoms with E-state index < -0.39 is 10.8 Å². The molecule has 0 aromatic rings. The molecule has 1 aliphatic carbocycles. The summed E-state index contributed by atoms with van der Waals surface area (Å²) in [7, 11) is -0.726. The molecule has 3 heteroatoms. The Balaban J connectivity index is 2.38. The van der Waals surface area contributed by atoms with Crippen molar-refractivity contribution >= 4 is 10.8 Å². The van der Waals surface area contributed by atoms with Crippen LogP contribution >= 0.6 is 0 Å². The van der Waals surface area contributed by atoms with Gasteiger partial charge in [-0.3, -0.25) is 4.21 Å². The molecule has 1 aliphatic rings. The second-order valence-corrected chi connectivity index (χ2v) is 7.56. The number of nitrogens with zero attached hydrogens (tertiary/aromatic N) is 1. The minimum atomic E-state index is -0.726. The van der Waals surface area contributed by atoms with E-state index in [1.807, 2.05) is 13.8 Å². The van der Waals surface area contributed by atoms with Gasteiger partial charge in [0.1, 0.15) is 0 Å². The van der Waals surface area contributed by atoms with Crippen LogP contribution in [-0.4, -0.2) is 15.2 Å². The maximum absolute atomic E-state index is 12.1. The summed E-state index contributed by atoms with van der Waals surface area (Å²) in [4.78, 5) is 0. The van der Waals surface area contributed by atoms with Crippen molar-refractivity contribution in [2.45, 2.75) is 58.1 Å². The standard InChI is InChI=1S/C13H23NOS/c1-11-5-4-6-12(9-11)16(15)8-7-13(2,3)10-14/h11-12H,4-9H2,1-3H3. The molecule has 0 amide bonds. The minimum absolute atomic E-state index is 0.323. The largest absolute Gasteiger partial charge is 0.259 e. The van der Waals surface area contributed by atoms with Gasteiger partial charge >= 0.3 is 0 Å². The smallest absolute Gasteiger partial charge is 0.0684 e. The van der Waals surface area contributed by atoms with Gasteiger partial charge in [-0.2, -0.15) is 5.26 Å². The Labute approximate surface area is 102 Å². The summed E-state index contributed by atoms with van der Waals surface area (Å²) in [6.07, 6.45) is 5.49. The lowest BCUT2D eigenvalue weighted by molar-refractivity contribution is 0.388. The second-order valence-electron chi connectivity index (χ2n) is 5.72. The van der Waals surface area contributed by atoms with E-state index in [0.717, 1.165) is 25.2 Å². The van der Waals surface area contributed by atoms with E-state index in [2.05, 4.69) is 13.0 Å². The molecule has 2 nitrogen and oxygen atoms in total. The lowest BCUT2D eigenvalue weighted by Crippen LogP contribution is -2.26. The first-order valence-electron chi connectivity index (χ1n) is 6.23. The monoisotopic (exact) mass is 241 g/mol. The number of rotatable bonds is 4. The van der Waals surface area contributed by atoms with Gasteiger partial charge < -0.3 is 0 Å². The van der Waals surface area contributed by atoms with Crippen molar-refractivity contribution in [2.24, 2.45) is 11.3 Å². The molecule has 92 valence electrons. The lowest BCUT2D eigenvalue weighted by atomic mass is 9.90. The first-order valence-corrected chi connectivity index (χ1v) is 7.61. The third-order valence-electron chi connectivity index (χ3n) is 3.49. The topological polar surface area (TPSA) is 40.9 Å². The van der Waals surface area contributed by atoms with Gasteiger partial charge in [-0.1, -0.05) is 19.8 Å². The SMILES string of the molecule is CC1CCCC(S(=O)CCC(C)(C)C#N)C1. The average Bonchev–Trinajstić information content (AvgIpc) is 2.26. The predicted octanol–water partition coefficient (Wildman–Crippen LogP) is 3.25. The molecule has 1 fully saturated rings. The van der Waals surface area contributed by atoms with E-state index in [1.165, 1.54) is 12.8 Å². The Morgan fingerprint density at radius 3 is 2.69 bits per heavy atom. The van der Waals surface area contributed by atoms with Gasteiger partial charge in [0.05, 0.1) is 11.5 Å². The number of hydrogen-bond acceptors (Lipinski definition) is 2. The van der Waals surface area contributed by atoms with Gasteiger partial charge in [0, 0.05) is 21.8 Å². The number of nitriles is 1. The van der Waals surface area contributed by atoms with Crippen LogP contribution in [0.1, 0.15) is 52.9 Å². The van der Waals surface area contributed by atoms with Gasteiger partial charge in [-0.15, -0.1) is 0 Å². The molecule has 0 bridgehead atoms. The Morgan fingerprint density at radius 2 is 2.12 bits per heavy atom. The summed E-state index contributed by atoms with van der Waals surface area (Å²) >= 11 is 0. The fraction of sp³-hybridized carbons (Fsp3) is 0.923. The van der Waals surface area contributed by atoms with E-state index in [1.54, 1.807) is 0 Å². The van der Waals surface area contributed by atoms with E-state index >= 15 is 0 Å². The van der Waals surface area contributed by atoms with Crippen LogP contribution in [0, 0.1) is 22.7 Å². The van der Waals surface area contributed by atoms with E-state index in [4.69, 9.17) is 5.26 Å². The summed E-state index contributed by atoms with van der Waals surface area (Å²) in [6.45, 7) is 6.10. The average molecular weight is 241 g/mol. The van der Waals surface area contributed by atoms with Crippen LogP contribution in [0.2, 0.25) is 0 Å². The van der Waals surface area contributed by atoms with Gasteiger partial charge in [0.25, 0.3) is 0 Å². The fourth-order valence-corrected chi connectivity index (χ4v) is 4.21. The molecule has 0 aromatic carbocycles. The van der Waals surface area contributed by atoms with E-state index in [-0.39, 0.29) is 5.41 Å². The third-order valence-corrected chi connectivity index (χ3v) is 5.27. The minimum Gasteiger partial charge on any atom is -0.259 e. The normalized spacial score (nSPS) is 28.4. The molecule has 0 aromatic heterocycles. The molecule has 3 unspecified atom stereocenters. The Morgan fingerprint density at radius 1 is 1.44 bits per heavy atom. The maximum atomic E-state index is 12.1. The summed E-state index contributed by atoms with van der Waals surface area (Å²) < 4.78 is 12.1. The van der Waals surface area contributed by atoms with Crippen molar-refractivity contribution in [3.63, 3.8) is 0 Å². The fourth-order valence-electron chi connectivity index (χ4n) is 2.20. The van der Waals surface area contributed by atoms with Gasteiger partial charge in [0.15, 0.2) is 0 Å². The molecule has 1 saturated carbocycles.